The molecule has 4 rings (SSSR count). The minimum Gasteiger partial charge on any atom is -0.598 e. The number of ether oxygens (including phenoxy) is 1. The Balaban J connectivity index is 1.56. The van der Waals surface area contributed by atoms with Crippen LogP contribution in [0.4, 0.5) is 4.79 Å². The molecule has 2 aliphatic carbocycles. The molecule has 1 aromatic heterocycles. The Hall–Kier alpha value is -1.31. The van der Waals surface area contributed by atoms with Crippen molar-refractivity contribution in [2.45, 2.75) is 96.0 Å². The number of piperidine rings is 1. The zero-order chi connectivity index (χ0) is 22.6. The summed E-state index contributed by atoms with van der Waals surface area (Å²) in [6, 6.07) is 4.37. The van der Waals surface area contributed by atoms with E-state index in [9.17, 15) is 9.35 Å². The van der Waals surface area contributed by atoms with Crippen LogP contribution < -0.4 is 4.72 Å². The molecule has 6 nitrogen and oxygen atoms in total. The summed E-state index contributed by atoms with van der Waals surface area (Å²) in [4.78, 5) is 19.4. The van der Waals surface area contributed by atoms with Gasteiger partial charge in [0.2, 0.25) is 0 Å². The zero-order valence-electron chi connectivity index (χ0n) is 19.8. The van der Waals surface area contributed by atoms with E-state index in [-0.39, 0.29) is 22.3 Å². The van der Waals surface area contributed by atoms with Crippen LogP contribution in [0, 0.1) is 5.41 Å². The van der Waals surface area contributed by atoms with E-state index in [0.29, 0.717) is 19.0 Å². The molecule has 1 amide bonds. The van der Waals surface area contributed by atoms with Gasteiger partial charge in [0, 0.05) is 47.2 Å². The maximum absolute atomic E-state index is 13.1. The van der Waals surface area contributed by atoms with Gasteiger partial charge in [0.05, 0.1) is 6.04 Å². The van der Waals surface area contributed by atoms with Crippen LogP contribution in [-0.2, 0) is 22.5 Å². The first-order valence-corrected chi connectivity index (χ1v) is 12.7. The molecule has 1 saturated carbocycles. The number of carbonyl (C=O) groups is 1. The van der Waals surface area contributed by atoms with Crippen molar-refractivity contribution in [2.75, 3.05) is 13.1 Å². The maximum atomic E-state index is 13.1. The molecule has 0 aromatic carbocycles. The van der Waals surface area contributed by atoms with Crippen molar-refractivity contribution < 1.29 is 14.1 Å². The number of hydrogen-bond acceptors (Lipinski definition) is 5. The molecule has 0 bridgehead atoms. The van der Waals surface area contributed by atoms with E-state index in [0.717, 1.165) is 25.0 Å². The lowest BCUT2D eigenvalue weighted by Gasteiger charge is -2.43. The Kier molecular flexibility index (Phi) is 5.85. The van der Waals surface area contributed by atoms with Crippen molar-refractivity contribution in [3.05, 3.63) is 29.1 Å². The number of fused-ring (bicyclic) bond motifs is 1. The SMILES string of the molecule is CC(C)(C)OC(=O)N1CCC2(CC1)Cc1nc(C3CC3)ccc1[C@H]2N[S@+]([O-])C(C)(C)C. The fourth-order valence-corrected chi connectivity index (χ4v) is 5.65. The van der Waals surface area contributed by atoms with Crippen LogP contribution in [0.1, 0.15) is 96.1 Å². The topological polar surface area (TPSA) is 77.5 Å². The van der Waals surface area contributed by atoms with Gasteiger partial charge in [0.1, 0.15) is 10.3 Å². The minimum absolute atomic E-state index is 0.0101. The molecule has 1 aliphatic heterocycles. The molecule has 2 heterocycles. The first-order valence-electron chi connectivity index (χ1n) is 11.5. The summed E-state index contributed by atoms with van der Waals surface area (Å²) in [5, 5.41) is 0. The normalized spacial score (nSPS) is 24.2. The highest BCUT2D eigenvalue weighted by Crippen LogP contribution is 2.53. The first kappa shape index (κ1) is 22.9. The second-order valence-electron chi connectivity index (χ2n) is 11.5. The smallest absolute Gasteiger partial charge is 0.410 e. The molecule has 31 heavy (non-hydrogen) atoms. The van der Waals surface area contributed by atoms with Crippen molar-refractivity contribution in [2.24, 2.45) is 5.41 Å². The molecular weight excluding hydrogens is 410 g/mol. The van der Waals surface area contributed by atoms with Crippen molar-refractivity contribution in [1.82, 2.24) is 14.6 Å². The van der Waals surface area contributed by atoms with Crippen molar-refractivity contribution in [3.63, 3.8) is 0 Å². The highest BCUT2D eigenvalue weighted by Gasteiger charge is 2.52. The van der Waals surface area contributed by atoms with Crippen LogP contribution in [0.2, 0.25) is 0 Å². The molecule has 1 saturated heterocycles. The van der Waals surface area contributed by atoms with Gasteiger partial charge in [-0.25, -0.2) is 4.79 Å². The highest BCUT2D eigenvalue weighted by molar-refractivity contribution is 7.90. The lowest BCUT2D eigenvalue weighted by molar-refractivity contribution is 0.00711. The summed E-state index contributed by atoms with van der Waals surface area (Å²) in [6.07, 6.45) is 4.80. The third-order valence-corrected chi connectivity index (χ3v) is 8.22. The summed E-state index contributed by atoms with van der Waals surface area (Å²) < 4.78 is 21.8. The predicted molar refractivity (Wildman–Crippen MR) is 123 cm³/mol. The van der Waals surface area contributed by atoms with Crippen LogP contribution >= 0.6 is 0 Å². The van der Waals surface area contributed by atoms with E-state index in [4.69, 9.17) is 9.72 Å². The molecule has 1 N–H and O–H groups in total. The van der Waals surface area contributed by atoms with E-state index < -0.39 is 17.0 Å². The van der Waals surface area contributed by atoms with Crippen LogP contribution in [0.15, 0.2) is 12.1 Å². The third-order valence-electron chi connectivity index (χ3n) is 6.66. The van der Waals surface area contributed by atoms with Gasteiger partial charge in [0.15, 0.2) is 0 Å². The Morgan fingerprint density at radius 2 is 1.84 bits per heavy atom. The van der Waals surface area contributed by atoms with Crippen LogP contribution in [0.3, 0.4) is 0 Å². The van der Waals surface area contributed by atoms with Crippen LogP contribution in [-0.4, -0.2) is 44.0 Å². The third kappa shape index (κ3) is 4.88. The van der Waals surface area contributed by atoms with Crippen molar-refractivity contribution in [1.29, 1.82) is 0 Å². The Morgan fingerprint density at radius 1 is 1.19 bits per heavy atom. The van der Waals surface area contributed by atoms with Gasteiger partial charge in [-0.2, -0.15) is 0 Å². The average molecular weight is 448 g/mol. The summed E-state index contributed by atoms with van der Waals surface area (Å²) in [5.74, 6) is 0.617. The molecule has 2 atom stereocenters. The number of rotatable bonds is 3. The second kappa shape index (κ2) is 7.92. The van der Waals surface area contributed by atoms with E-state index >= 15 is 0 Å². The van der Waals surface area contributed by atoms with E-state index in [1.807, 2.05) is 46.4 Å². The Labute approximate surface area is 189 Å². The van der Waals surface area contributed by atoms with E-state index in [2.05, 4.69) is 16.9 Å². The van der Waals surface area contributed by atoms with Gasteiger partial charge < -0.3 is 14.2 Å². The molecule has 3 aliphatic rings. The highest BCUT2D eigenvalue weighted by atomic mass is 32.2. The quantitative estimate of drug-likeness (QED) is 0.684. The van der Waals surface area contributed by atoms with Crippen molar-refractivity contribution in [3.8, 4) is 0 Å². The number of pyridine rings is 1. The second-order valence-corrected chi connectivity index (χ2v) is 13.5. The molecule has 2 fully saturated rings. The number of hydrogen-bond donors (Lipinski definition) is 1. The number of aromatic nitrogens is 1. The van der Waals surface area contributed by atoms with Gasteiger partial charge in [0.25, 0.3) is 0 Å². The van der Waals surface area contributed by atoms with Crippen LogP contribution in [0.25, 0.3) is 0 Å². The number of nitrogens with one attached hydrogen (secondary N) is 1. The summed E-state index contributed by atoms with van der Waals surface area (Å²) in [7, 11) is 0. The van der Waals surface area contributed by atoms with Crippen LogP contribution in [0.5, 0.6) is 0 Å². The van der Waals surface area contributed by atoms with Gasteiger partial charge in [-0.1, -0.05) is 6.07 Å². The molecule has 0 radical (unpaired) electrons. The minimum atomic E-state index is -1.18. The molecule has 7 heteroatoms. The fraction of sp³-hybridized carbons (Fsp3) is 0.750. The summed E-state index contributed by atoms with van der Waals surface area (Å²) in [5.41, 5.74) is 2.98. The molecular formula is C24H37N3O3S. The number of amides is 1. The van der Waals surface area contributed by atoms with Gasteiger partial charge in [-0.15, -0.1) is 4.72 Å². The summed E-state index contributed by atoms with van der Waals surface area (Å²) in [6.45, 7) is 13.0. The zero-order valence-corrected chi connectivity index (χ0v) is 20.6. The maximum Gasteiger partial charge on any atom is 0.410 e. The lowest BCUT2D eigenvalue weighted by atomic mass is 9.73. The van der Waals surface area contributed by atoms with Gasteiger partial charge >= 0.3 is 6.09 Å². The lowest BCUT2D eigenvalue weighted by Crippen LogP contribution is -2.51. The Bertz CT molecular complexity index is 833. The van der Waals surface area contributed by atoms with E-state index in [1.165, 1.54) is 24.1 Å². The standard InChI is InChI=1S/C24H37N3O3S/c1-22(2,3)30-21(28)27-13-11-24(12-14-27)15-19-17(9-10-18(25-19)16-7-8-16)20(24)26-31(29)23(4,5)6/h9-10,16,20,26H,7-8,11-15H2,1-6H3/t20-,31-/m1/s1. The van der Waals surface area contributed by atoms with E-state index in [1.54, 1.807) is 0 Å². The molecule has 1 aromatic rings. The molecule has 1 spiro atoms. The first-order chi connectivity index (χ1) is 14.4. The average Bonchev–Trinajstić information content (AvgIpc) is 3.46. The number of nitrogens with zero attached hydrogens (tertiary/aromatic N) is 2. The number of carbonyl (C=O) groups excluding carboxylic acids is 1. The number of likely N-dealkylation sites (tertiary alicyclic amines) is 1. The van der Waals surface area contributed by atoms with Gasteiger partial charge in [-0.05, 0) is 85.3 Å². The monoisotopic (exact) mass is 447 g/mol. The largest absolute Gasteiger partial charge is 0.598 e. The summed E-state index contributed by atoms with van der Waals surface area (Å²) >= 11 is -1.18. The molecule has 0 unspecified atom stereocenters. The van der Waals surface area contributed by atoms with Crippen molar-refractivity contribution >= 4 is 17.5 Å². The predicted octanol–water partition coefficient (Wildman–Crippen LogP) is 4.63. The van der Waals surface area contributed by atoms with Gasteiger partial charge in [-0.3, -0.25) is 4.98 Å². The fourth-order valence-electron chi connectivity index (χ4n) is 4.70. The Morgan fingerprint density at radius 3 is 2.39 bits per heavy atom. The molecule has 172 valence electrons.